The molecule has 0 aliphatic carbocycles. The summed E-state index contributed by atoms with van der Waals surface area (Å²) in [5.74, 6) is -0.798. The van der Waals surface area contributed by atoms with E-state index in [1.165, 1.54) is 0 Å². The van der Waals surface area contributed by atoms with Crippen LogP contribution in [-0.2, 0) is 16.1 Å². The first-order valence-corrected chi connectivity index (χ1v) is 8.88. The number of nitrogens with zero attached hydrogens (tertiary/aromatic N) is 4. The SMILES string of the molecule is O=C(Cn1cc([N+](=O)[O-])cn1)Nc1c(C(=O)N2CCOCC2)oc2ccccc12. The molecule has 1 saturated heterocycles. The van der Waals surface area contributed by atoms with Crippen molar-refractivity contribution >= 4 is 34.2 Å². The first kappa shape index (κ1) is 18.6. The number of anilines is 1. The number of aromatic nitrogens is 2. The van der Waals surface area contributed by atoms with Crippen LogP contribution < -0.4 is 5.32 Å². The van der Waals surface area contributed by atoms with Gasteiger partial charge in [0.05, 0.1) is 18.1 Å². The standard InChI is InChI=1S/C18H17N5O6/c24-15(11-22-10-12(9-19-22)23(26)27)20-16-13-3-1-2-4-14(13)29-17(16)18(25)21-5-7-28-8-6-21/h1-4,9-10H,5-8,11H2,(H,20,24). The van der Waals surface area contributed by atoms with Crippen LogP contribution in [0, 0.1) is 10.1 Å². The molecule has 1 fully saturated rings. The number of morpholine rings is 1. The number of hydrogen-bond acceptors (Lipinski definition) is 7. The van der Waals surface area contributed by atoms with Crippen LogP contribution in [0.15, 0.2) is 41.1 Å². The number of rotatable bonds is 5. The van der Waals surface area contributed by atoms with E-state index in [1.54, 1.807) is 29.2 Å². The molecule has 29 heavy (non-hydrogen) atoms. The maximum Gasteiger partial charge on any atom is 0.307 e. The average molecular weight is 399 g/mol. The van der Waals surface area contributed by atoms with Crippen LogP contribution in [0.5, 0.6) is 0 Å². The number of benzene rings is 1. The lowest BCUT2D eigenvalue weighted by molar-refractivity contribution is -0.385. The molecular weight excluding hydrogens is 382 g/mol. The van der Waals surface area contributed by atoms with Gasteiger partial charge in [-0.1, -0.05) is 12.1 Å². The summed E-state index contributed by atoms with van der Waals surface area (Å²) < 4.78 is 12.2. The maximum absolute atomic E-state index is 12.9. The van der Waals surface area contributed by atoms with Gasteiger partial charge >= 0.3 is 5.69 Å². The van der Waals surface area contributed by atoms with E-state index in [9.17, 15) is 19.7 Å². The lowest BCUT2D eigenvalue weighted by Gasteiger charge is -2.26. The van der Waals surface area contributed by atoms with Gasteiger partial charge < -0.3 is 19.4 Å². The number of para-hydroxylation sites is 1. The van der Waals surface area contributed by atoms with E-state index in [-0.39, 0.29) is 29.6 Å². The molecule has 4 rings (SSSR count). The van der Waals surface area contributed by atoms with Crippen LogP contribution in [0.25, 0.3) is 11.0 Å². The fourth-order valence-corrected chi connectivity index (χ4v) is 3.09. The number of furan rings is 1. The second kappa shape index (κ2) is 7.72. The highest BCUT2D eigenvalue weighted by molar-refractivity contribution is 6.10. The highest BCUT2D eigenvalue weighted by atomic mass is 16.6. The molecule has 2 aromatic heterocycles. The molecule has 150 valence electrons. The van der Waals surface area contributed by atoms with Crippen molar-refractivity contribution < 1.29 is 23.7 Å². The van der Waals surface area contributed by atoms with E-state index in [0.29, 0.717) is 37.3 Å². The summed E-state index contributed by atoms with van der Waals surface area (Å²) in [7, 11) is 0. The molecule has 1 N–H and O–H groups in total. The van der Waals surface area contributed by atoms with Gasteiger partial charge in [-0.25, -0.2) is 0 Å². The average Bonchev–Trinajstić information content (AvgIpc) is 3.33. The van der Waals surface area contributed by atoms with Gasteiger partial charge in [0, 0.05) is 18.5 Å². The molecule has 3 aromatic rings. The second-order valence-corrected chi connectivity index (χ2v) is 6.41. The van der Waals surface area contributed by atoms with Crippen molar-refractivity contribution in [2.45, 2.75) is 6.54 Å². The number of ether oxygens (including phenoxy) is 1. The van der Waals surface area contributed by atoms with Gasteiger partial charge in [-0.2, -0.15) is 5.10 Å². The molecular formula is C18H17N5O6. The normalized spacial score (nSPS) is 14.1. The van der Waals surface area contributed by atoms with Crippen molar-refractivity contribution in [2.75, 3.05) is 31.6 Å². The summed E-state index contributed by atoms with van der Waals surface area (Å²) in [6.07, 6.45) is 2.22. The van der Waals surface area contributed by atoms with Crippen LogP contribution in [0.1, 0.15) is 10.6 Å². The van der Waals surface area contributed by atoms with Gasteiger partial charge in [0.1, 0.15) is 30.2 Å². The number of carbonyl (C=O) groups excluding carboxylic acids is 2. The van der Waals surface area contributed by atoms with Crippen LogP contribution in [0.2, 0.25) is 0 Å². The number of carbonyl (C=O) groups is 2. The lowest BCUT2D eigenvalue weighted by atomic mass is 10.2. The Labute approximate surface area is 164 Å². The largest absolute Gasteiger partial charge is 0.449 e. The van der Waals surface area contributed by atoms with Gasteiger partial charge in [0.15, 0.2) is 0 Å². The van der Waals surface area contributed by atoms with Crippen LogP contribution >= 0.6 is 0 Å². The number of hydrogen-bond donors (Lipinski definition) is 1. The Hall–Kier alpha value is -3.73. The monoisotopic (exact) mass is 399 g/mol. The smallest absolute Gasteiger partial charge is 0.307 e. The molecule has 3 heterocycles. The zero-order valence-corrected chi connectivity index (χ0v) is 15.2. The summed E-state index contributed by atoms with van der Waals surface area (Å²) in [5, 5.41) is 17.8. The summed E-state index contributed by atoms with van der Waals surface area (Å²) in [4.78, 5) is 37.2. The van der Waals surface area contributed by atoms with Gasteiger partial charge in [-0.15, -0.1) is 0 Å². The predicted octanol–water partition coefficient (Wildman–Crippen LogP) is 1.65. The van der Waals surface area contributed by atoms with Gasteiger partial charge in [0.25, 0.3) is 5.91 Å². The Morgan fingerprint density at radius 2 is 2.00 bits per heavy atom. The third-order valence-electron chi connectivity index (χ3n) is 4.49. The third kappa shape index (κ3) is 3.80. The molecule has 0 spiro atoms. The number of nitrogens with one attached hydrogen (secondary N) is 1. The Kier molecular flexibility index (Phi) is 4.96. The van der Waals surface area contributed by atoms with Crippen molar-refractivity contribution in [1.29, 1.82) is 0 Å². The zero-order chi connectivity index (χ0) is 20.4. The molecule has 0 unspecified atom stereocenters. The Morgan fingerprint density at radius 3 is 2.72 bits per heavy atom. The number of nitro groups is 1. The molecule has 11 heteroatoms. The van der Waals surface area contributed by atoms with Crippen molar-refractivity contribution in [3.05, 3.63) is 52.5 Å². The molecule has 1 aliphatic heterocycles. The summed E-state index contributed by atoms with van der Waals surface area (Å²) in [6, 6.07) is 6.98. The van der Waals surface area contributed by atoms with Crippen molar-refractivity contribution in [1.82, 2.24) is 14.7 Å². The summed E-state index contributed by atoms with van der Waals surface area (Å²) in [5.41, 5.74) is 0.521. The fourth-order valence-electron chi connectivity index (χ4n) is 3.09. The maximum atomic E-state index is 12.9. The zero-order valence-electron chi connectivity index (χ0n) is 15.2. The van der Waals surface area contributed by atoms with E-state index in [4.69, 9.17) is 9.15 Å². The highest BCUT2D eigenvalue weighted by Gasteiger charge is 2.27. The quantitative estimate of drug-likeness (QED) is 0.509. The van der Waals surface area contributed by atoms with Crippen molar-refractivity contribution in [2.24, 2.45) is 0 Å². The number of amides is 2. The Morgan fingerprint density at radius 1 is 1.24 bits per heavy atom. The predicted molar refractivity (Wildman–Crippen MR) is 100 cm³/mol. The van der Waals surface area contributed by atoms with E-state index in [0.717, 1.165) is 17.1 Å². The summed E-state index contributed by atoms with van der Waals surface area (Å²) >= 11 is 0. The minimum atomic E-state index is -0.593. The lowest BCUT2D eigenvalue weighted by Crippen LogP contribution is -2.40. The second-order valence-electron chi connectivity index (χ2n) is 6.41. The van der Waals surface area contributed by atoms with Gasteiger partial charge in [-0.05, 0) is 12.1 Å². The molecule has 1 aliphatic rings. The molecule has 0 atom stereocenters. The first-order chi connectivity index (χ1) is 14.0. The molecule has 11 nitrogen and oxygen atoms in total. The van der Waals surface area contributed by atoms with Crippen LogP contribution in [0.3, 0.4) is 0 Å². The minimum absolute atomic E-state index is 0.0351. The fraction of sp³-hybridized carbons (Fsp3) is 0.278. The minimum Gasteiger partial charge on any atom is -0.449 e. The molecule has 0 bridgehead atoms. The van der Waals surface area contributed by atoms with Crippen LogP contribution in [-0.4, -0.2) is 57.7 Å². The highest BCUT2D eigenvalue weighted by Crippen LogP contribution is 2.32. The topological polar surface area (TPSA) is 133 Å². The summed E-state index contributed by atoms with van der Waals surface area (Å²) in [6.45, 7) is 1.48. The van der Waals surface area contributed by atoms with E-state index >= 15 is 0 Å². The molecule has 0 radical (unpaired) electrons. The molecule has 0 saturated carbocycles. The van der Waals surface area contributed by atoms with Crippen molar-refractivity contribution in [3.63, 3.8) is 0 Å². The molecule has 1 aromatic carbocycles. The Bertz CT molecular complexity index is 1080. The first-order valence-electron chi connectivity index (χ1n) is 8.88. The van der Waals surface area contributed by atoms with Gasteiger partial charge in [0.2, 0.25) is 11.7 Å². The third-order valence-corrected chi connectivity index (χ3v) is 4.49. The van der Waals surface area contributed by atoms with Crippen molar-refractivity contribution in [3.8, 4) is 0 Å². The van der Waals surface area contributed by atoms with Crippen LogP contribution in [0.4, 0.5) is 11.4 Å². The van der Waals surface area contributed by atoms with E-state index in [2.05, 4.69) is 10.4 Å². The Balaban J connectivity index is 1.60. The van der Waals surface area contributed by atoms with E-state index in [1.807, 2.05) is 0 Å². The molecule has 2 amide bonds. The van der Waals surface area contributed by atoms with Gasteiger partial charge in [-0.3, -0.25) is 24.4 Å². The van der Waals surface area contributed by atoms with E-state index < -0.39 is 10.8 Å². The number of fused-ring (bicyclic) bond motifs is 1.